The highest BCUT2D eigenvalue weighted by atomic mass is 16.5. The van der Waals surface area contributed by atoms with E-state index in [9.17, 15) is 4.79 Å². The second-order valence-corrected chi connectivity index (χ2v) is 7.17. The summed E-state index contributed by atoms with van der Waals surface area (Å²) in [4.78, 5) is 21.4. The molecule has 0 saturated carbocycles. The van der Waals surface area contributed by atoms with E-state index in [1.807, 2.05) is 36.4 Å². The third kappa shape index (κ3) is 3.24. The standard InChI is InChI=1S/C19H24N4O3/c1-13-9-18(26-21-13)19(24)23-8-5-17(25-2)15-11-22(12-16(15)23)10-14-3-6-20-7-4-14/h3-4,6-7,9,15-17H,5,8,10-12H2,1-2H3/t15-,16+,17-/m0/s1. The van der Waals surface area contributed by atoms with Gasteiger partial charge in [-0.2, -0.15) is 0 Å². The number of ether oxygens (including phenoxy) is 1. The lowest BCUT2D eigenvalue weighted by atomic mass is 9.89. The number of piperidine rings is 1. The summed E-state index contributed by atoms with van der Waals surface area (Å²) >= 11 is 0. The minimum Gasteiger partial charge on any atom is -0.381 e. The van der Waals surface area contributed by atoms with E-state index in [0.717, 1.165) is 31.7 Å². The molecule has 0 spiro atoms. The first-order valence-corrected chi connectivity index (χ1v) is 9.04. The van der Waals surface area contributed by atoms with Crippen molar-refractivity contribution in [3.63, 3.8) is 0 Å². The lowest BCUT2D eigenvalue weighted by Crippen LogP contribution is -2.53. The van der Waals surface area contributed by atoms with Crippen molar-refractivity contribution >= 4 is 5.91 Å². The van der Waals surface area contributed by atoms with E-state index < -0.39 is 0 Å². The Hall–Kier alpha value is -2.25. The van der Waals surface area contributed by atoms with Crippen LogP contribution in [0.4, 0.5) is 0 Å². The van der Waals surface area contributed by atoms with Crippen molar-refractivity contribution in [3.8, 4) is 0 Å². The van der Waals surface area contributed by atoms with E-state index in [1.165, 1.54) is 5.56 Å². The highest BCUT2D eigenvalue weighted by Crippen LogP contribution is 2.34. The van der Waals surface area contributed by atoms with Gasteiger partial charge in [-0.1, -0.05) is 5.16 Å². The number of hydrogen-bond donors (Lipinski definition) is 0. The maximum absolute atomic E-state index is 12.9. The zero-order valence-electron chi connectivity index (χ0n) is 15.2. The summed E-state index contributed by atoms with van der Waals surface area (Å²) in [6.45, 7) is 5.12. The number of carbonyl (C=O) groups excluding carboxylic acids is 1. The number of likely N-dealkylation sites (tertiary alicyclic amines) is 2. The molecular formula is C19H24N4O3. The SMILES string of the molecule is CO[C@H]1CCN(C(=O)c2cc(C)no2)[C@@H]2CN(Cc3ccncc3)C[C@H]12. The Bertz CT molecular complexity index is 763. The van der Waals surface area contributed by atoms with Crippen molar-refractivity contribution in [1.29, 1.82) is 0 Å². The van der Waals surface area contributed by atoms with Crippen molar-refractivity contribution in [3.05, 3.63) is 47.6 Å². The average Bonchev–Trinajstić information content (AvgIpc) is 3.27. The van der Waals surface area contributed by atoms with Crippen molar-refractivity contribution in [2.75, 3.05) is 26.7 Å². The Kier molecular flexibility index (Phi) is 4.74. The molecule has 26 heavy (non-hydrogen) atoms. The molecule has 2 aliphatic heterocycles. The van der Waals surface area contributed by atoms with Crippen LogP contribution in [-0.2, 0) is 11.3 Å². The Morgan fingerprint density at radius 2 is 2.15 bits per heavy atom. The van der Waals surface area contributed by atoms with Crippen LogP contribution < -0.4 is 0 Å². The highest BCUT2D eigenvalue weighted by Gasteiger charge is 2.46. The molecule has 0 aromatic carbocycles. The number of amides is 1. The van der Waals surface area contributed by atoms with Gasteiger partial charge in [0.05, 0.1) is 17.8 Å². The molecule has 7 nitrogen and oxygen atoms in total. The van der Waals surface area contributed by atoms with Gasteiger partial charge in [0.15, 0.2) is 0 Å². The number of pyridine rings is 1. The molecule has 4 rings (SSSR count). The Balaban J connectivity index is 1.52. The van der Waals surface area contributed by atoms with Crippen LogP contribution in [0.3, 0.4) is 0 Å². The number of rotatable bonds is 4. The molecular weight excluding hydrogens is 332 g/mol. The summed E-state index contributed by atoms with van der Waals surface area (Å²) in [6, 6.07) is 5.92. The largest absolute Gasteiger partial charge is 0.381 e. The molecule has 2 aliphatic rings. The molecule has 2 saturated heterocycles. The molecule has 4 heterocycles. The number of aryl methyl sites for hydroxylation is 1. The number of fused-ring (bicyclic) bond motifs is 1. The van der Waals surface area contributed by atoms with Crippen molar-refractivity contribution in [1.82, 2.24) is 19.9 Å². The summed E-state index contributed by atoms with van der Waals surface area (Å²) in [5.74, 6) is 0.564. The number of methoxy groups -OCH3 is 1. The van der Waals surface area contributed by atoms with E-state index in [2.05, 4.69) is 15.0 Å². The average molecular weight is 356 g/mol. The van der Waals surface area contributed by atoms with Crippen LogP contribution in [0.5, 0.6) is 0 Å². The van der Waals surface area contributed by atoms with Gasteiger partial charge in [0.1, 0.15) is 0 Å². The molecule has 0 unspecified atom stereocenters. The van der Waals surface area contributed by atoms with Gasteiger partial charge in [-0.05, 0) is 31.0 Å². The highest BCUT2D eigenvalue weighted by molar-refractivity contribution is 5.91. The summed E-state index contributed by atoms with van der Waals surface area (Å²) in [6.07, 6.45) is 4.67. The predicted molar refractivity (Wildman–Crippen MR) is 94.5 cm³/mol. The minimum absolute atomic E-state index is 0.0686. The molecule has 7 heteroatoms. The number of aromatic nitrogens is 2. The monoisotopic (exact) mass is 356 g/mol. The molecule has 0 N–H and O–H groups in total. The first-order valence-electron chi connectivity index (χ1n) is 9.04. The van der Waals surface area contributed by atoms with Crippen molar-refractivity contribution < 1.29 is 14.1 Å². The quantitative estimate of drug-likeness (QED) is 0.831. The summed E-state index contributed by atoms with van der Waals surface area (Å²) < 4.78 is 10.9. The second kappa shape index (κ2) is 7.17. The third-order valence-electron chi connectivity index (χ3n) is 5.50. The minimum atomic E-state index is -0.0686. The van der Waals surface area contributed by atoms with Crippen LogP contribution in [0.2, 0.25) is 0 Å². The van der Waals surface area contributed by atoms with E-state index in [0.29, 0.717) is 18.2 Å². The Labute approximate surface area is 152 Å². The molecule has 0 bridgehead atoms. The maximum atomic E-state index is 12.9. The van der Waals surface area contributed by atoms with Gasteiger partial charge in [-0.25, -0.2) is 0 Å². The van der Waals surface area contributed by atoms with Gasteiger partial charge in [-0.15, -0.1) is 0 Å². The number of carbonyl (C=O) groups is 1. The fraction of sp³-hybridized carbons (Fsp3) is 0.526. The van der Waals surface area contributed by atoms with Gasteiger partial charge in [0, 0.05) is 57.7 Å². The zero-order valence-corrected chi connectivity index (χ0v) is 15.2. The summed E-state index contributed by atoms with van der Waals surface area (Å²) in [7, 11) is 1.77. The molecule has 0 radical (unpaired) electrons. The van der Waals surface area contributed by atoms with Crippen LogP contribution in [0.25, 0.3) is 0 Å². The van der Waals surface area contributed by atoms with Crippen molar-refractivity contribution in [2.45, 2.75) is 32.0 Å². The van der Waals surface area contributed by atoms with Crippen LogP contribution in [0.1, 0.15) is 28.2 Å². The molecule has 0 aliphatic carbocycles. The molecule has 2 aromatic heterocycles. The molecule has 1 amide bonds. The summed E-state index contributed by atoms with van der Waals surface area (Å²) in [5, 5.41) is 3.86. The predicted octanol–water partition coefficient (Wildman–Crippen LogP) is 1.74. The zero-order chi connectivity index (χ0) is 18.1. The van der Waals surface area contributed by atoms with E-state index in [4.69, 9.17) is 9.26 Å². The number of nitrogens with zero attached hydrogens (tertiary/aromatic N) is 4. The normalized spacial score (nSPS) is 26.1. The fourth-order valence-corrected chi connectivity index (χ4v) is 4.26. The topological polar surface area (TPSA) is 71.7 Å². The number of hydrogen-bond acceptors (Lipinski definition) is 6. The van der Waals surface area contributed by atoms with E-state index >= 15 is 0 Å². The van der Waals surface area contributed by atoms with E-state index in [1.54, 1.807) is 13.2 Å². The van der Waals surface area contributed by atoms with Gasteiger partial charge >= 0.3 is 0 Å². The third-order valence-corrected chi connectivity index (χ3v) is 5.50. The van der Waals surface area contributed by atoms with Crippen LogP contribution in [0, 0.1) is 12.8 Å². The van der Waals surface area contributed by atoms with Gasteiger partial charge in [0.2, 0.25) is 5.76 Å². The van der Waals surface area contributed by atoms with Gasteiger partial charge in [-0.3, -0.25) is 14.7 Å². The van der Waals surface area contributed by atoms with Crippen LogP contribution in [-0.4, -0.2) is 64.7 Å². The smallest absolute Gasteiger partial charge is 0.292 e. The Morgan fingerprint density at radius 1 is 1.35 bits per heavy atom. The van der Waals surface area contributed by atoms with E-state index in [-0.39, 0.29) is 18.1 Å². The lowest BCUT2D eigenvalue weighted by molar-refractivity contribution is -0.0168. The molecule has 2 aromatic rings. The van der Waals surface area contributed by atoms with Gasteiger partial charge < -0.3 is 14.2 Å². The Morgan fingerprint density at radius 3 is 2.85 bits per heavy atom. The summed E-state index contributed by atoms with van der Waals surface area (Å²) in [5.41, 5.74) is 1.96. The van der Waals surface area contributed by atoms with Crippen LogP contribution >= 0.6 is 0 Å². The molecule has 3 atom stereocenters. The van der Waals surface area contributed by atoms with Crippen LogP contribution in [0.15, 0.2) is 35.1 Å². The first-order chi connectivity index (χ1) is 12.7. The first kappa shape index (κ1) is 17.2. The maximum Gasteiger partial charge on any atom is 0.292 e. The molecule has 138 valence electrons. The van der Waals surface area contributed by atoms with Gasteiger partial charge in [0.25, 0.3) is 5.91 Å². The second-order valence-electron chi connectivity index (χ2n) is 7.17. The lowest BCUT2D eigenvalue weighted by Gasteiger charge is -2.40. The molecule has 2 fully saturated rings. The van der Waals surface area contributed by atoms with Crippen molar-refractivity contribution in [2.24, 2.45) is 5.92 Å². The fourth-order valence-electron chi connectivity index (χ4n) is 4.26.